The van der Waals surface area contributed by atoms with Gasteiger partial charge in [-0.2, -0.15) is 4.31 Å². The van der Waals surface area contributed by atoms with Gasteiger partial charge in [0, 0.05) is 13.1 Å². The van der Waals surface area contributed by atoms with Crippen LogP contribution >= 0.6 is 0 Å². The van der Waals surface area contributed by atoms with E-state index in [1.165, 1.54) is 4.31 Å². The van der Waals surface area contributed by atoms with Crippen molar-refractivity contribution in [1.82, 2.24) is 9.21 Å². The monoisotopic (exact) mass is 298 g/mol. The van der Waals surface area contributed by atoms with Crippen molar-refractivity contribution in [3.8, 4) is 0 Å². The van der Waals surface area contributed by atoms with Crippen molar-refractivity contribution < 1.29 is 13.5 Å². The van der Waals surface area contributed by atoms with E-state index in [1.54, 1.807) is 19.1 Å². The van der Waals surface area contributed by atoms with E-state index in [4.69, 9.17) is 0 Å². The third-order valence-corrected chi connectivity index (χ3v) is 5.83. The number of aryl methyl sites for hydroxylation is 2. The minimum absolute atomic E-state index is 0.151. The Morgan fingerprint density at radius 2 is 1.90 bits per heavy atom. The van der Waals surface area contributed by atoms with Gasteiger partial charge in [0.2, 0.25) is 10.0 Å². The van der Waals surface area contributed by atoms with Crippen molar-refractivity contribution in [3.63, 3.8) is 0 Å². The molecule has 6 heteroatoms. The van der Waals surface area contributed by atoms with Crippen molar-refractivity contribution in [2.75, 3.05) is 27.2 Å². The molecule has 1 aromatic rings. The van der Waals surface area contributed by atoms with Gasteiger partial charge in [-0.3, -0.25) is 0 Å². The summed E-state index contributed by atoms with van der Waals surface area (Å²) >= 11 is 0. The number of nitrogens with zero attached hydrogens (tertiary/aromatic N) is 2. The van der Waals surface area contributed by atoms with Crippen LogP contribution in [-0.4, -0.2) is 62.1 Å². The molecule has 1 heterocycles. The normalized spacial score (nSPS) is 24.5. The van der Waals surface area contributed by atoms with Crippen LogP contribution in [0, 0.1) is 13.8 Å². The number of sulfonamides is 1. The maximum atomic E-state index is 12.7. The average molecular weight is 298 g/mol. The lowest BCUT2D eigenvalue weighted by atomic mass is 10.2. The third kappa shape index (κ3) is 2.74. The highest BCUT2D eigenvalue weighted by molar-refractivity contribution is 7.89. The number of aliphatic hydroxyl groups is 1. The predicted molar refractivity (Wildman–Crippen MR) is 78.2 cm³/mol. The maximum absolute atomic E-state index is 12.7. The minimum Gasteiger partial charge on any atom is -0.390 e. The van der Waals surface area contributed by atoms with Crippen LogP contribution < -0.4 is 0 Å². The number of rotatable bonds is 3. The zero-order valence-electron chi connectivity index (χ0n) is 12.4. The van der Waals surface area contributed by atoms with E-state index in [2.05, 4.69) is 0 Å². The Bertz CT molecular complexity index is 598. The number of hydrogen-bond acceptors (Lipinski definition) is 4. The van der Waals surface area contributed by atoms with Crippen LogP contribution in [0.25, 0.3) is 0 Å². The van der Waals surface area contributed by atoms with Crippen LogP contribution in [0.2, 0.25) is 0 Å². The summed E-state index contributed by atoms with van der Waals surface area (Å²) in [6, 6.07) is 5.16. The molecule has 1 N–H and O–H groups in total. The maximum Gasteiger partial charge on any atom is 0.243 e. The second kappa shape index (κ2) is 5.44. The highest BCUT2D eigenvalue weighted by atomic mass is 32.2. The molecule has 2 atom stereocenters. The average Bonchev–Trinajstić information content (AvgIpc) is 2.71. The number of likely N-dealkylation sites (N-methyl/N-ethyl adjacent to an activating group) is 1. The Balaban J connectivity index is 2.32. The van der Waals surface area contributed by atoms with Gasteiger partial charge in [0.1, 0.15) is 0 Å². The molecule has 0 aliphatic carbocycles. The lowest BCUT2D eigenvalue weighted by Gasteiger charge is -2.22. The predicted octanol–water partition coefficient (Wildman–Crippen LogP) is 0.599. The first-order valence-corrected chi connectivity index (χ1v) is 8.09. The molecule has 1 aromatic carbocycles. The van der Waals surface area contributed by atoms with E-state index >= 15 is 0 Å². The van der Waals surface area contributed by atoms with E-state index in [0.717, 1.165) is 11.1 Å². The summed E-state index contributed by atoms with van der Waals surface area (Å²) in [6.07, 6.45) is -0.648. The number of benzene rings is 1. The second-order valence-electron chi connectivity index (χ2n) is 5.69. The van der Waals surface area contributed by atoms with Gasteiger partial charge in [-0.25, -0.2) is 8.42 Å². The Kier molecular flexibility index (Phi) is 4.20. The van der Waals surface area contributed by atoms with E-state index in [1.807, 2.05) is 32.0 Å². The van der Waals surface area contributed by atoms with E-state index in [9.17, 15) is 13.5 Å². The Morgan fingerprint density at radius 1 is 1.25 bits per heavy atom. The van der Waals surface area contributed by atoms with E-state index in [0.29, 0.717) is 11.4 Å². The zero-order valence-corrected chi connectivity index (χ0v) is 13.2. The summed E-state index contributed by atoms with van der Waals surface area (Å²) in [7, 11) is 0.158. The molecule has 1 fully saturated rings. The number of β-amino-alcohol motifs (C(OH)–C–C–N with tert-alkyl or cyclic N) is 1. The van der Waals surface area contributed by atoms with Crippen LogP contribution in [0.1, 0.15) is 11.1 Å². The Hall–Kier alpha value is -0.950. The van der Waals surface area contributed by atoms with Crippen LogP contribution in [0.3, 0.4) is 0 Å². The van der Waals surface area contributed by atoms with Gasteiger partial charge in [-0.05, 0) is 39.6 Å². The lowest BCUT2D eigenvalue weighted by molar-refractivity contribution is 0.113. The van der Waals surface area contributed by atoms with Crippen LogP contribution in [0.15, 0.2) is 23.1 Å². The molecule has 2 rings (SSSR count). The van der Waals surface area contributed by atoms with Gasteiger partial charge in [-0.15, -0.1) is 0 Å². The summed E-state index contributed by atoms with van der Waals surface area (Å²) in [6.45, 7) is 4.21. The summed E-state index contributed by atoms with van der Waals surface area (Å²) in [5.74, 6) is 0. The van der Waals surface area contributed by atoms with E-state index in [-0.39, 0.29) is 12.6 Å². The first-order valence-electron chi connectivity index (χ1n) is 6.65. The topological polar surface area (TPSA) is 60.9 Å². The van der Waals surface area contributed by atoms with Gasteiger partial charge < -0.3 is 10.0 Å². The molecule has 5 nitrogen and oxygen atoms in total. The van der Waals surface area contributed by atoms with Gasteiger partial charge >= 0.3 is 0 Å². The molecule has 0 aromatic heterocycles. The second-order valence-corrected chi connectivity index (χ2v) is 7.60. The molecule has 20 heavy (non-hydrogen) atoms. The smallest absolute Gasteiger partial charge is 0.243 e. The Morgan fingerprint density at radius 3 is 2.40 bits per heavy atom. The van der Waals surface area contributed by atoms with Crippen molar-refractivity contribution in [1.29, 1.82) is 0 Å². The molecular weight excluding hydrogens is 276 g/mol. The van der Waals surface area contributed by atoms with Crippen LogP contribution in [-0.2, 0) is 10.0 Å². The van der Waals surface area contributed by atoms with Crippen LogP contribution in [0.4, 0.5) is 0 Å². The van der Waals surface area contributed by atoms with Crippen molar-refractivity contribution in [3.05, 3.63) is 29.3 Å². The largest absolute Gasteiger partial charge is 0.390 e. The molecule has 0 unspecified atom stereocenters. The SMILES string of the molecule is Cc1ccc(S(=O)(=O)N2C[C@H](O)[C@@H](N(C)C)C2)c(C)c1. The molecular formula is C14H22N2O3S. The molecule has 0 bridgehead atoms. The molecule has 1 aliphatic rings. The summed E-state index contributed by atoms with van der Waals surface area (Å²) in [5, 5.41) is 10.0. The van der Waals surface area contributed by atoms with E-state index < -0.39 is 16.1 Å². The minimum atomic E-state index is -3.54. The highest BCUT2D eigenvalue weighted by Crippen LogP contribution is 2.25. The van der Waals surface area contributed by atoms with Gasteiger partial charge in [0.05, 0.1) is 17.0 Å². The van der Waals surface area contributed by atoms with Gasteiger partial charge in [0.15, 0.2) is 0 Å². The molecule has 0 amide bonds. The summed E-state index contributed by atoms with van der Waals surface area (Å²) < 4.78 is 26.7. The third-order valence-electron chi connectivity index (χ3n) is 3.84. The number of aliphatic hydroxyl groups excluding tert-OH is 1. The fourth-order valence-corrected chi connectivity index (χ4v) is 4.35. The summed E-state index contributed by atoms with van der Waals surface area (Å²) in [5.41, 5.74) is 1.78. The fraction of sp³-hybridized carbons (Fsp3) is 0.571. The Labute approximate surface area is 120 Å². The summed E-state index contributed by atoms with van der Waals surface area (Å²) in [4.78, 5) is 2.19. The highest BCUT2D eigenvalue weighted by Gasteiger charge is 2.39. The number of hydrogen-bond donors (Lipinski definition) is 1. The lowest BCUT2D eigenvalue weighted by Crippen LogP contribution is -2.38. The first kappa shape index (κ1) is 15.4. The molecule has 1 aliphatic heterocycles. The zero-order chi connectivity index (χ0) is 15.1. The first-order chi connectivity index (χ1) is 9.23. The molecule has 1 saturated heterocycles. The standard InChI is InChI=1S/C14H22N2O3S/c1-10-5-6-14(11(2)7-10)20(18,19)16-8-12(15(3)4)13(17)9-16/h5-7,12-13,17H,8-9H2,1-4H3/t12-,13-/m0/s1. The molecule has 0 saturated carbocycles. The van der Waals surface area contributed by atoms with Crippen LogP contribution in [0.5, 0.6) is 0 Å². The van der Waals surface area contributed by atoms with Crippen molar-refractivity contribution in [2.24, 2.45) is 0 Å². The molecule has 0 spiro atoms. The van der Waals surface area contributed by atoms with Crippen molar-refractivity contribution in [2.45, 2.75) is 30.9 Å². The van der Waals surface area contributed by atoms with Gasteiger partial charge in [0.25, 0.3) is 0 Å². The molecule has 112 valence electrons. The quantitative estimate of drug-likeness (QED) is 0.888. The van der Waals surface area contributed by atoms with Crippen molar-refractivity contribution >= 4 is 10.0 Å². The van der Waals surface area contributed by atoms with Gasteiger partial charge in [-0.1, -0.05) is 17.7 Å². The molecule has 0 radical (unpaired) electrons. The fourth-order valence-electron chi connectivity index (χ4n) is 2.67.